The number of aryl methyl sites for hydroxylation is 1. The van der Waals surface area contributed by atoms with Crippen LogP contribution in [0.15, 0.2) is 64.5 Å². The molecule has 2 amide bonds. The second-order valence-corrected chi connectivity index (χ2v) is 8.43. The molecule has 0 atom stereocenters. The lowest BCUT2D eigenvalue weighted by atomic mass is 10.2. The van der Waals surface area contributed by atoms with E-state index in [0.29, 0.717) is 11.7 Å². The molecule has 1 aliphatic rings. The highest BCUT2D eigenvalue weighted by Crippen LogP contribution is 2.24. The van der Waals surface area contributed by atoms with Crippen LogP contribution in [0.3, 0.4) is 0 Å². The van der Waals surface area contributed by atoms with Gasteiger partial charge in [0.15, 0.2) is 5.17 Å². The predicted octanol–water partition coefficient (Wildman–Crippen LogP) is 3.73. The Labute approximate surface area is 174 Å². The summed E-state index contributed by atoms with van der Waals surface area (Å²) in [5, 5.41) is 3.52. The Hall–Kier alpha value is -2.25. The minimum Gasteiger partial charge on any atom is -0.355 e. The van der Waals surface area contributed by atoms with Crippen molar-refractivity contribution >= 4 is 46.2 Å². The highest BCUT2D eigenvalue weighted by atomic mass is 32.2. The van der Waals surface area contributed by atoms with Gasteiger partial charge in [-0.15, -0.1) is 11.8 Å². The fraction of sp³-hybridized carbons (Fsp3) is 0.286. The fourth-order valence-corrected chi connectivity index (χ4v) is 4.36. The third-order valence-electron chi connectivity index (χ3n) is 4.07. The van der Waals surface area contributed by atoms with Gasteiger partial charge in [-0.3, -0.25) is 19.5 Å². The molecular weight excluding hydrogens is 390 g/mol. The van der Waals surface area contributed by atoms with Crippen LogP contribution in [0.25, 0.3) is 0 Å². The third-order valence-corrected chi connectivity index (χ3v) is 6.14. The first-order valence-corrected chi connectivity index (χ1v) is 11.1. The highest BCUT2D eigenvalue weighted by molar-refractivity contribution is 8.14. The molecule has 0 aromatic heterocycles. The van der Waals surface area contributed by atoms with E-state index in [-0.39, 0.29) is 24.1 Å². The predicted molar refractivity (Wildman–Crippen MR) is 118 cm³/mol. The van der Waals surface area contributed by atoms with Gasteiger partial charge in [0.1, 0.15) is 6.54 Å². The Morgan fingerprint density at radius 2 is 1.86 bits per heavy atom. The SMILES string of the molecule is Cc1ccc(N2C(=O)CN=C2SCC(=O)NCCCSc2ccccc2)cc1. The summed E-state index contributed by atoms with van der Waals surface area (Å²) < 4.78 is 0. The molecule has 0 saturated carbocycles. The Morgan fingerprint density at radius 1 is 1.11 bits per heavy atom. The largest absolute Gasteiger partial charge is 0.355 e. The zero-order chi connectivity index (χ0) is 19.8. The van der Waals surface area contributed by atoms with Crippen LogP contribution in [0.1, 0.15) is 12.0 Å². The maximum atomic E-state index is 12.2. The molecule has 3 rings (SSSR count). The van der Waals surface area contributed by atoms with Gasteiger partial charge in [-0.1, -0.05) is 47.7 Å². The summed E-state index contributed by atoms with van der Waals surface area (Å²) >= 11 is 3.09. The van der Waals surface area contributed by atoms with E-state index in [1.807, 2.05) is 49.4 Å². The lowest BCUT2D eigenvalue weighted by Gasteiger charge is -2.18. The summed E-state index contributed by atoms with van der Waals surface area (Å²) in [6, 6.07) is 18.0. The lowest BCUT2D eigenvalue weighted by Crippen LogP contribution is -2.32. The zero-order valence-electron chi connectivity index (χ0n) is 15.8. The lowest BCUT2D eigenvalue weighted by molar-refractivity contribution is -0.118. The Kier molecular flexibility index (Phi) is 7.56. The second-order valence-electron chi connectivity index (χ2n) is 6.32. The number of nitrogens with one attached hydrogen (secondary N) is 1. The summed E-state index contributed by atoms with van der Waals surface area (Å²) in [6.07, 6.45) is 0.908. The summed E-state index contributed by atoms with van der Waals surface area (Å²) in [5.74, 6) is 1.10. The van der Waals surface area contributed by atoms with Crippen molar-refractivity contribution in [3.8, 4) is 0 Å². The van der Waals surface area contributed by atoms with Crippen LogP contribution >= 0.6 is 23.5 Å². The second kappa shape index (κ2) is 10.3. The van der Waals surface area contributed by atoms with Crippen LogP contribution < -0.4 is 10.2 Å². The van der Waals surface area contributed by atoms with Crippen molar-refractivity contribution in [1.29, 1.82) is 0 Å². The van der Waals surface area contributed by atoms with Crippen LogP contribution in [-0.4, -0.2) is 41.6 Å². The molecule has 146 valence electrons. The van der Waals surface area contributed by atoms with Crippen LogP contribution in [0.5, 0.6) is 0 Å². The van der Waals surface area contributed by atoms with Gasteiger partial charge in [-0.2, -0.15) is 0 Å². The third kappa shape index (κ3) is 5.87. The monoisotopic (exact) mass is 413 g/mol. The molecule has 0 unspecified atom stereocenters. The topological polar surface area (TPSA) is 61.8 Å². The number of amides is 2. The molecule has 0 radical (unpaired) electrons. The first-order valence-electron chi connectivity index (χ1n) is 9.15. The van der Waals surface area contributed by atoms with Gasteiger partial charge in [-0.25, -0.2) is 0 Å². The summed E-state index contributed by atoms with van der Waals surface area (Å²) in [6.45, 7) is 2.78. The maximum absolute atomic E-state index is 12.2. The molecule has 2 aromatic carbocycles. The van der Waals surface area contributed by atoms with Crippen molar-refractivity contribution in [3.63, 3.8) is 0 Å². The molecule has 28 heavy (non-hydrogen) atoms. The number of nitrogens with zero attached hydrogens (tertiary/aromatic N) is 2. The Bertz CT molecular complexity index is 838. The van der Waals surface area contributed by atoms with Gasteiger partial charge >= 0.3 is 0 Å². The molecule has 2 aromatic rings. The van der Waals surface area contributed by atoms with Crippen LogP contribution in [0, 0.1) is 6.92 Å². The van der Waals surface area contributed by atoms with Crippen molar-refractivity contribution in [2.45, 2.75) is 18.2 Å². The zero-order valence-corrected chi connectivity index (χ0v) is 17.4. The van der Waals surface area contributed by atoms with E-state index < -0.39 is 0 Å². The van der Waals surface area contributed by atoms with Gasteiger partial charge in [0.05, 0.1) is 11.4 Å². The van der Waals surface area contributed by atoms with Crippen LogP contribution in [0.4, 0.5) is 5.69 Å². The minimum atomic E-state index is -0.0651. The van der Waals surface area contributed by atoms with Crippen LogP contribution in [0.2, 0.25) is 0 Å². The van der Waals surface area contributed by atoms with Gasteiger partial charge in [0.2, 0.25) is 5.91 Å². The number of aliphatic imine (C=N–C) groups is 1. The Morgan fingerprint density at radius 3 is 2.61 bits per heavy atom. The molecule has 0 spiro atoms. The number of benzene rings is 2. The highest BCUT2D eigenvalue weighted by Gasteiger charge is 2.27. The molecule has 7 heteroatoms. The number of carbonyl (C=O) groups is 2. The van der Waals surface area contributed by atoms with Crippen molar-refractivity contribution in [2.75, 3.05) is 29.5 Å². The Balaban J connectivity index is 1.38. The molecule has 0 bridgehead atoms. The maximum Gasteiger partial charge on any atom is 0.254 e. The quantitative estimate of drug-likeness (QED) is 0.529. The van der Waals surface area contributed by atoms with Gasteiger partial charge in [0, 0.05) is 11.4 Å². The average Bonchev–Trinajstić information content (AvgIpc) is 3.08. The molecular formula is C21H23N3O2S2. The van der Waals surface area contributed by atoms with E-state index in [2.05, 4.69) is 22.4 Å². The summed E-state index contributed by atoms with van der Waals surface area (Å²) in [5.41, 5.74) is 1.92. The number of carbonyl (C=O) groups excluding carboxylic acids is 2. The summed E-state index contributed by atoms with van der Waals surface area (Å²) in [4.78, 5) is 31.4. The number of hydrogen-bond acceptors (Lipinski definition) is 5. The first-order chi connectivity index (χ1) is 13.6. The number of rotatable bonds is 8. The van der Waals surface area contributed by atoms with E-state index in [4.69, 9.17) is 0 Å². The average molecular weight is 414 g/mol. The smallest absolute Gasteiger partial charge is 0.254 e. The van der Waals surface area contributed by atoms with Crippen molar-refractivity contribution in [2.24, 2.45) is 4.99 Å². The standard InChI is InChI=1S/C21H23N3O2S2/c1-16-8-10-17(11-9-16)24-20(26)14-23-21(24)28-15-19(25)22-12-5-13-27-18-6-3-2-4-7-18/h2-4,6-11H,5,12-15H2,1H3,(H,22,25). The van der Waals surface area contributed by atoms with Gasteiger partial charge < -0.3 is 5.32 Å². The van der Waals surface area contributed by atoms with Crippen molar-refractivity contribution in [3.05, 3.63) is 60.2 Å². The van der Waals surface area contributed by atoms with Gasteiger partial charge in [0.25, 0.3) is 5.91 Å². The summed E-state index contributed by atoms with van der Waals surface area (Å²) in [7, 11) is 0. The number of amidine groups is 1. The van der Waals surface area contributed by atoms with E-state index in [9.17, 15) is 9.59 Å². The minimum absolute atomic E-state index is 0.0411. The van der Waals surface area contributed by atoms with E-state index in [1.54, 1.807) is 16.7 Å². The van der Waals surface area contributed by atoms with E-state index in [0.717, 1.165) is 23.4 Å². The fourth-order valence-electron chi connectivity index (χ4n) is 2.63. The van der Waals surface area contributed by atoms with E-state index in [1.165, 1.54) is 16.7 Å². The number of thioether (sulfide) groups is 2. The molecule has 0 fully saturated rings. The molecule has 5 nitrogen and oxygen atoms in total. The van der Waals surface area contributed by atoms with Gasteiger partial charge in [-0.05, 0) is 43.4 Å². The normalized spacial score (nSPS) is 13.5. The molecule has 1 N–H and O–H groups in total. The van der Waals surface area contributed by atoms with Crippen molar-refractivity contribution in [1.82, 2.24) is 5.32 Å². The molecule has 1 heterocycles. The van der Waals surface area contributed by atoms with Crippen molar-refractivity contribution < 1.29 is 9.59 Å². The molecule has 1 aliphatic heterocycles. The molecule has 0 aliphatic carbocycles. The first kappa shape index (κ1) is 20.5. The van der Waals surface area contributed by atoms with E-state index >= 15 is 0 Å². The van der Waals surface area contributed by atoms with Crippen LogP contribution in [-0.2, 0) is 9.59 Å². The molecule has 0 saturated heterocycles. The number of anilines is 1. The number of hydrogen-bond donors (Lipinski definition) is 1.